The lowest BCUT2D eigenvalue weighted by molar-refractivity contribution is -0.0629. The van der Waals surface area contributed by atoms with Crippen LogP contribution in [0.3, 0.4) is 0 Å². The smallest absolute Gasteiger partial charge is 0.191 e. The van der Waals surface area contributed by atoms with Crippen molar-refractivity contribution in [3.8, 4) is 0 Å². The summed E-state index contributed by atoms with van der Waals surface area (Å²) in [6.07, 6.45) is -1.04. The standard InChI is InChI=1S/C23H28F2N6O4S/c1-2-7-36-23-27-21(26-15-9-12(15)11-3-4-13(24)14(25)8-11)18-22(28-23)31(30-29-18)16-10-17(35-6-5-32)20(34)19(16)33/h3-4,8,12,15-17,19-20,32-34H,2,5-7,9-10H2,1H3,(H,26,27,28)/t12-,15+,16?,17?,19?,20?/m0/s1. The maximum atomic E-state index is 13.7. The van der Waals surface area contributed by atoms with Gasteiger partial charge in [0, 0.05) is 24.1 Å². The lowest BCUT2D eigenvalue weighted by atomic mass is 10.1. The van der Waals surface area contributed by atoms with Crippen molar-refractivity contribution in [1.29, 1.82) is 0 Å². The SMILES string of the molecule is CCCSc1nc(N[C@@H]2C[C@H]2c2ccc(F)c(F)c2)c2nnn(C3CC(OCCO)C(O)C3O)c2n1. The fourth-order valence-electron chi connectivity index (χ4n) is 4.61. The highest BCUT2D eigenvalue weighted by Gasteiger charge is 2.45. The Balaban J connectivity index is 1.43. The van der Waals surface area contributed by atoms with Crippen LogP contribution in [0.15, 0.2) is 23.4 Å². The van der Waals surface area contributed by atoms with E-state index in [4.69, 9.17) is 9.84 Å². The van der Waals surface area contributed by atoms with E-state index in [1.165, 1.54) is 22.5 Å². The van der Waals surface area contributed by atoms with Gasteiger partial charge in [0.05, 0.1) is 25.4 Å². The Morgan fingerprint density at radius 3 is 2.75 bits per heavy atom. The van der Waals surface area contributed by atoms with E-state index in [0.717, 1.165) is 24.7 Å². The van der Waals surface area contributed by atoms with E-state index < -0.39 is 36.0 Å². The number of aliphatic hydroxyl groups excluding tert-OH is 3. The van der Waals surface area contributed by atoms with Crippen LogP contribution >= 0.6 is 11.8 Å². The molecule has 1 aromatic carbocycles. The number of ether oxygens (including phenoxy) is 1. The van der Waals surface area contributed by atoms with Gasteiger partial charge in [-0.25, -0.2) is 23.4 Å². The molecule has 0 amide bonds. The molecule has 2 aliphatic carbocycles. The fraction of sp³-hybridized carbons (Fsp3) is 0.565. The van der Waals surface area contributed by atoms with Crippen LogP contribution in [-0.4, -0.2) is 83.6 Å². The highest BCUT2D eigenvalue weighted by molar-refractivity contribution is 7.99. The third kappa shape index (κ3) is 4.90. The summed E-state index contributed by atoms with van der Waals surface area (Å²) < 4.78 is 34.0. The molecule has 5 rings (SSSR count). The third-order valence-electron chi connectivity index (χ3n) is 6.56. The molecule has 4 N–H and O–H groups in total. The summed E-state index contributed by atoms with van der Waals surface area (Å²) in [7, 11) is 0. The number of benzene rings is 1. The van der Waals surface area contributed by atoms with E-state index in [-0.39, 0.29) is 31.6 Å². The molecule has 6 atom stereocenters. The van der Waals surface area contributed by atoms with Crippen molar-refractivity contribution in [3.63, 3.8) is 0 Å². The average molecular weight is 523 g/mol. The van der Waals surface area contributed by atoms with E-state index in [9.17, 15) is 19.0 Å². The minimum Gasteiger partial charge on any atom is -0.394 e. The highest BCUT2D eigenvalue weighted by Crippen LogP contribution is 2.44. The predicted octanol–water partition coefficient (Wildman–Crippen LogP) is 2.01. The molecule has 0 aliphatic heterocycles. The minimum absolute atomic E-state index is 0.00291. The Hall–Kier alpha value is -2.45. The topological polar surface area (TPSA) is 138 Å². The maximum absolute atomic E-state index is 13.7. The van der Waals surface area contributed by atoms with Crippen LogP contribution in [0.25, 0.3) is 11.2 Å². The molecule has 0 saturated heterocycles. The number of fused-ring (bicyclic) bond motifs is 1. The number of anilines is 1. The van der Waals surface area contributed by atoms with Crippen molar-refractivity contribution < 1.29 is 28.8 Å². The van der Waals surface area contributed by atoms with Crippen LogP contribution in [0.2, 0.25) is 0 Å². The Morgan fingerprint density at radius 2 is 2.00 bits per heavy atom. The molecule has 3 aromatic rings. The Bertz CT molecular complexity index is 1230. The monoisotopic (exact) mass is 522 g/mol. The van der Waals surface area contributed by atoms with E-state index in [1.807, 2.05) is 0 Å². The molecule has 2 saturated carbocycles. The molecule has 0 spiro atoms. The summed E-state index contributed by atoms with van der Waals surface area (Å²) >= 11 is 1.48. The van der Waals surface area contributed by atoms with Crippen LogP contribution in [0.4, 0.5) is 14.6 Å². The van der Waals surface area contributed by atoms with Gasteiger partial charge in [0.15, 0.2) is 33.8 Å². The number of halogens is 2. The first-order valence-electron chi connectivity index (χ1n) is 12.0. The Morgan fingerprint density at radius 1 is 1.17 bits per heavy atom. The molecule has 4 unspecified atom stereocenters. The molecule has 0 radical (unpaired) electrons. The highest BCUT2D eigenvalue weighted by atomic mass is 32.2. The second-order valence-corrected chi connectivity index (χ2v) is 10.2. The second kappa shape index (κ2) is 10.5. The van der Waals surface area contributed by atoms with Gasteiger partial charge in [-0.1, -0.05) is 30.0 Å². The summed E-state index contributed by atoms with van der Waals surface area (Å²) in [5.41, 5.74) is 1.53. The molecular weight excluding hydrogens is 494 g/mol. The summed E-state index contributed by atoms with van der Waals surface area (Å²) in [5.74, 6) is -0.472. The number of rotatable bonds is 10. The summed E-state index contributed by atoms with van der Waals surface area (Å²) in [6.45, 7) is 1.91. The van der Waals surface area contributed by atoms with Crippen molar-refractivity contribution in [3.05, 3.63) is 35.4 Å². The van der Waals surface area contributed by atoms with Crippen molar-refractivity contribution in [1.82, 2.24) is 25.0 Å². The van der Waals surface area contributed by atoms with Crippen LogP contribution in [-0.2, 0) is 4.74 Å². The van der Waals surface area contributed by atoms with E-state index >= 15 is 0 Å². The van der Waals surface area contributed by atoms with Gasteiger partial charge in [0.1, 0.15) is 12.2 Å². The van der Waals surface area contributed by atoms with E-state index in [0.29, 0.717) is 27.7 Å². The second-order valence-electron chi connectivity index (χ2n) is 9.09. The zero-order valence-corrected chi connectivity index (χ0v) is 20.4. The minimum atomic E-state index is -1.15. The van der Waals surface area contributed by atoms with Gasteiger partial charge in [-0.2, -0.15) is 0 Å². The number of nitrogens with zero attached hydrogens (tertiary/aromatic N) is 5. The van der Waals surface area contributed by atoms with Crippen molar-refractivity contribution >= 4 is 28.7 Å². The van der Waals surface area contributed by atoms with Crippen LogP contribution in [0.1, 0.15) is 43.7 Å². The predicted molar refractivity (Wildman–Crippen MR) is 128 cm³/mol. The number of hydrogen-bond donors (Lipinski definition) is 4. The van der Waals surface area contributed by atoms with Gasteiger partial charge >= 0.3 is 0 Å². The molecule has 2 fully saturated rings. The van der Waals surface area contributed by atoms with Gasteiger partial charge in [0.2, 0.25) is 0 Å². The van der Waals surface area contributed by atoms with Gasteiger partial charge in [0.25, 0.3) is 0 Å². The first kappa shape index (κ1) is 25.2. The molecule has 0 bridgehead atoms. The van der Waals surface area contributed by atoms with Gasteiger partial charge in [-0.15, -0.1) is 5.10 Å². The molecule has 10 nitrogen and oxygen atoms in total. The number of hydrogen-bond acceptors (Lipinski definition) is 10. The zero-order chi connectivity index (χ0) is 25.4. The quantitative estimate of drug-likeness (QED) is 0.231. The maximum Gasteiger partial charge on any atom is 0.191 e. The zero-order valence-electron chi connectivity index (χ0n) is 19.6. The lowest BCUT2D eigenvalue weighted by Gasteiger charge is -2.17. The fourth-order valence-corrected chi connectivity index (χ4v) is 5.31. The number of aromatic nitrogens is 5. The van der Waals surface area contributed by atoms with Crippen LogP contribution in [0.5, 0.6) is 0 Å². The first-order chi connectivity index (χ1) is 17.4. The normalized spacial score (nSPS) is 27.6. The summed E-state index contributed by atoms with van der Waals surface area (Å²) in [4.78, 5) is 9.27. The number of nitrogens with one attached hydrogen (secondary N) is 1. The van der Waals surface area contributed by atoms with Gasteiger partial charge < -0.3 is 25.4 Å². The first-order valence-corrected chi connectivity index (χ1v) is 13.0. The average Bonchev–Trinajstić information content (AvgIpc) is 3.41. The molecular formula is C23H28F2N6O4S. The summed E-state index contributed by atoms with van der Waals surface area (Å²) in [6, 6.07) is 3.26. The van der Waals surface area contributed by atoms with Crippen molar-refractivity contribution in [2.24, 2.45) is 0 Å². The largest absolute Gasteiger partial charge is 0.394 e. The lowest BCUT2D eigenvalue weighted by Crippen LogP contribution is -2.33. The molecule has 36 heavy (non-hydrogen) atoms. The van der Waals surface area contributed by atoms with Gasteiger partial charge in [-0.3, -0.25) is 0 Å². The molecule has 2 heterocycles. The van der Waals surface area contributed by atoms with E-state index in [2.05, 4.69) is 32.5 Å². The Kier molecular flexibility index (Phi) is 7.35. The van der Waals surface area contributed by atoms with Crippen LogP contribution in [0, 0.1) is 11.6 Å². The third-order valence-corrected chi connectivity index (χ3v) is 7.61. The van der Waals surface area contributed by atoms with Crippen LogP contribution < -0.4 is 5.32 Å². The number of thioether (sulfide) groups is 1. The molecule has 2 aliphatic rings. The van der Waals surface area contributed by atoms with Gasteiger partial charge in [-0.05, 0) is 30.5 Å². The number of aliphatic hydroxyl groups is 3. The molecule has 194 valence electrons. The molecule has 13 heteroatoms. The van der Waals surface area contributed by atoms with E-state index in [1.54, 1.807) is 6.07 Å². The Labute approximate surface area is 210 Å². The van der Waals surface area contributed by atoms with Crippen molar-refractivity contribution in [2.75, 3.05) is 24.3 Å². The van der Waals surface area contributed by atoms with Crippen molar-refractivity contribution in [2.45, 2.75) is 67.7 Å². The summed E-state index contributed by atoms with van der Waals surface area (Å²) in [5, 5.41) is 42.5. The molecule has 2 aromatic heterocycles.